The van der Waals surface area contributed by atoms with E-state index in [-0.39, 0.29) is 5.75 Å². The highest BCUT2D eigenvalue weighted by Gasteiger charge is 2.20. The van der Waals surface area contributed by atoms with Gasteiger partial charge >= 0.3 is 5.97 Å². The van der Waals surface area contributed by atoms with Crippen molar-refractivity contribution in [2.24, 2.45) is 0 Å². The molecule has 19 heavy (non-hydrogen) atoms. The van der Waals surface area contributed by atoms with E-state index in [1.807, 2.05) is 0 Å². The monoisotopic (exact) mass is 295 g/mol. The summed E-state index contributed by atoms with van der Waals surface area (Å²) in [6, 6.07) is 0. The van der Waals surface area contributed by atoms with Gasteiger partial charge in [0.25, 0.3) is 0 Å². The summed E-state index contributed by atoms with van der Waals surface area (Å²) in [6.45, 7) is 0. The molecule has 0 spiro atoms. The second-order valence-corrected chi connectivity index (χ2v) is 6.49. The third-order valence-electron chi connectivity index (χ3n) is 3.15. The minimum atomic E-state index is -0.877. The van der Waals surface area contributed by atoms with Gasteiger partial charge in [-0.1, -0.05) is 11.8 Å². The molecule has 2 aromatic heterocycles. The van der Waals surface area contributed by atoms with Gasteiger partial charge in [0.2, 0.25) is 0 Å². The number of aryl methyl sites for hydroxylation is 2. The quantitative estimate of drug-likeness (QED) is 0.667. The third kappa shape index (κ3) is 2.40. The fraction of sp³-hybridized carbons (Fsp3) is 0.417. The average molecular weight is 295 g/mol. The van der Waals surface area contributed by atoms with E-state index < -0.39 is 5.97 Å². The molecule has 0 unspecified atom stereocenters. The number of fused-ring (bicyclic) bond motifs is 3. The van der Waals surface area contributed by atoms with E-state index in [9.17, 15) is 4.79 Å². The van der Waals surface area contributed by atoms with E-state index in [1.165, 1.54) is 23.3 Å². The Morgan fingerprint density at radius 2 is 2.16 bits per heavy atom. The van der Waals surface area contributed by atoms with E-state index in [4.69, 9.17) is 10.8 Å². The molecule has 100 valence electrons. The molecule has 0 radical (unpaired) electrons. The Labute approximate surface area is 118 Å². The zero-order chi connectivity index (χ0) is 13.4. The van der Waals surface area contributed by atoms with Crippen LogP contribution >= 0.6 is 23.1 Å². The van der Waals surface area contributed by atoms with E-state index in [2.05, 4.69) is 9.97 Å². The van der Waals surface area contributed by atoms with Crippen LogP contribution in [0.5, 0.6) is 0 Å². The lowest BCUT2D eigenvalue weighted by Gasteiger charge is -2.10. The van der Waals surface area contributed by atoms with Crippen molar-refractivity contribution in [1.29, 1.82) is 0 Å². The number of carbonyl (C=O) groups is 1. The molecule has 0 aromatic carbocycles. The molecule has 2 heterocycles. The summed E-state index contributed by atoms with van der Waals surface area (Å²) in [4.78, 5) is 21.5. The Kier molecular flexibility index (Phi) is 3.32. The molecule has 0 bridgehead atoms. The Morgan fingerprint density at radius 3 is 2.95 bits per heavy atom. The number of aliphatic carboxylic acids is 1. The summed E-state index contributed by atoms with van der Waals surface area (Å²) in [5, 5.41) is 10.1. The molecule has 3 rings (SSSR count). The highest BCUT2D eigenvalue weighted by molar-refractivity contribution is 7.99. The molecule has 2 aromatic rings. The summed E-state index contributed by atoms with van der Waals surface area (Å²) in [7, 11) is 0. The summed E-state index contributed by atoms with van der Waals surface area (Å²) in [6.07, 6.45) is 4.54. The number of anilines is 1. The lowest BCUT2D eigenvalue weighted by Crippen LogP contribution is -2.02. The number of nitrogens with two attached hydrogens (primary N) is 1. The van der Waals surface area contributed by atoms with Crippen LogP contribution in [0.3, 0.4) is 0 Å². The first-order valence-electron chi connectivity index (χ1n) is 6.07. The van der Waals surface area contributed by atoms with Crippen LogP contribution in [0.4, 0.5) is 5.82 Å². The van der Waals surface area contributed by atoms with E-state index in [0.29, 0.717) is 11.0 Å². The van der Waals surface area contributed by atoms with E-state index >= 15 is 0 Å². The van der Waals surface area contributed by atoms with Crippen LogP contribution in [-0.2, 0) is 17.6 Å². The zero-order valence-corrected chi connectivity index (χ0v) is 11.8. The minimum absolute atomic E-state index is 0.0456. The minimum Gasteiger partial charge on any atom is -0.481 e. The van der Waals surface area contributed by atoms with Crippen LogP contribution < -0.4 is 5.73 Å². The summed E-state index contributed by atoms with van der Waals surface area (Å²) in [5.41, 5.74) is 7.33. The number of rotatable bonds is 3. The molecule has 5 nitrogen and oxygen atoms in total. The van der Waals surface area contributed by atoms with Gasteiger partial charge in [-0.25, -0.2) is 9.97 Å². The maximum absolute atomic E-state index is 10.6. The lowest BCUT2D eigenvalue weighted by molar-refractivity contribution is -0.133. The van der Waals surface area contributed by atoms with Crippen LogP contribution in [0.1, 0.15) is 23.3 Å². The molecule has 3 N–H and O–H groups in total. The Morgan fingerprint density at radius 1 is 1.37 bits per heavy atom. The summed E-state index contributed by atoms with van der Waals surface area (Å²) >= 11 is 2.78. The number of nitrogen functional groups attached to an aromatic ring is 1. The Balaban J connectivity index is 2.03. The molecule has 0 atom stereocenters. The maximum atomic E-state index is 10.6. The SMILES string of the molecule is Nc1nc(SCC(=O)O)nc2sc3c(c12)CCCC3. The predicted molar refractivity (Wildman–Crippen MR) is 76.8 cm³/mol. The smallest absolute Gasteiger partial charge is 0.313 e. The predicted octanol–water partition coefficient (Wildman–Crippen LogP) is 2.33. The van der Waals surface area contributed by atoms with Crippen molar-refractivity contribution in [3.63, 3.8) is 0 Å². The number of thiophene rings is 1. The van der Waals surface area contributed by atoms with Crippen molar-refractivity contribution >= 4 is 45.1 Å². The van der Waals surface area contributed by atoms with Gasteiger partial charge in [-0.15, -0.1) is 11.3 Å². The van der Waals surface area contributed by atoms with Gasteiger partial charge in [-0.3, -0.25) is 4.79 Å². The number of thioether (sulfide) groups is 1. The summed E-state index contributed by atoms with van der Waals surface area (Å²) < 4.78 is 0. The number of nitrogens with zero attached hydrogens (tertiary/aromatic N) is 2. The van der Waals surface area contributed by atoms with Crippen LogP contribution in [0, 0.1) is 0 Å². The molecular formula is C12H13N3O2S2. The molecule has 7 heteroatoms. The Hall–Kier alpha value is -1.34. The standard InChI is InChI=1S/C12H13N3O2S2/c13-10-9-6-3-1-2-4-7(6)19-11(9)15-12(14-10)18-5-8(16)17/h1-5H2,(H,16,17)(H2,13,14,15). The van der Waals surface area contributed by atoms with Crippen molar-refractivity contribution in [1.82, 2.24) is 9.97 Å². The van der Waals surface area contributed by atoms with Crippen molar-refractivity contribution in [3.8, 4) is 0 Å². The lowest BCUT2D eigenvalue weighted by atomic mass is 9.97. The van der Waals surface area contributed by atoms with E-state index in [0.717, 1.165) is 34.8 Å². The second-order valence-electron chi connectivity index (χ2n) is 4.46. The zero-order valence-electron chi connectivity index (χ0n) is 10.2. The largest absolute Gasteiger partial charge is 0.481 e. The average Bonchev–Trinajstić information content (AvgIpc) is 2.74. The number of carboxylic acids is 1. The van der Waals surface area contributed by atoms with Gasteiger partial charge in [0.05, 0.1) is 11.1 Å². The van der Waals surface area contributed by atoms with E-state index in [1.54, 1.807) is 11.3 Å². The number of hydrogen-bond donors (Lipinski definition) is 2. The first kappa shape index (κ1) is 12.7. The molecule has 0 amide bonds. The first-order chi connectivity index (χ1) is 9.15. The molecular weight excluding hydrogens is 282 g/mol. The van der Waals surface area contributed by atoms with Crippen molar-refractivity contribution in [2.75, 3.05) is 11.5 Å². The normalized spacial score (nSPS) is 14.5. The van der Waals surface area contributed by atoms with Crippen molar-refractivity contribution in [3.05, 3.63) is 10.4 Å². The molecule has 0 saturated carbocycles. The van der Waals surface area contributed by atoms with Crippen LogP contribution in [-0.4, -0.2) is 26.8 Å². The number of hydrogen-bond acceptors (Lipinski definition) is 6. The van der Waals surface area contributed by atoms with Crippen LogP contribution in [0.15, 0.2) is 5.16 Å². The topological polar surface area (TPSA) is 89.1 Å². The maximum Gasteiger partial charge on any atom is 0.313 e. The van der Waals surface area contributed by atoms with Crippen molar-refractivity contribution in [2.45, 2.75) is 30.8 Å². The van der Waals surface area contributed by atoms with Crippen LogP contribution in [0.2, 0.25) is 0 Å². The number of carboxylic acid groups (broad SMARTS) is 1. The second kappa shape index (κ2) is 4.97. The van der Waals surface area contributed by atoms with Gasteiger partial charge in [0, 0.05) is 4.88 Å². The molecule has 0 fully saturated rings. The molecule has 1 aliphatic rings. The fourth-order valence-electron chi connectivity index (χ4n) is 2.36. The van der Waals surface area contributed by atoms with Gasteiger partial charge in [-0.05, 0) is 31.2 Å². The van der Waals surface area contributed by atoms with Gasteiger partial charge in [0.15, 0.2) is 5.16 Å². The van der Waals surface area contributed by atoms with Gasteiger partial charge in [-0.2, -0.15) is 0 Å². The Bertz CT molecular complexity index is 654. The highest BCUT2D eigenvalue weighted by atomic mass is 32.2. The first-order valence-corrected chi connectivity index (χ1v) is 7.87. The van der Waals surface area contributed by atoms with Crippen LogP contribution in [0.25, 0.3) is 10.2 Å². The summed E-state index contributed by atoms with van der Waals surface area (Å²) in [5.74, 6) is -0.439. The third-order valence-corrected chi connectivity index (χ3v) is 5.16. The van der Waals surface area contributed by atoms with Crippen molar-refractivity contribution < 1.29 is 9.90 Å². The fourth-order valence-corrected chi connectivity index (χ4v) is 4.25. The molecule has 1 aliphatic carbocycles. The highest BCUT2D eigenvalue weighted by Crippen LogP contribution is 2.38. The number of aromatic nitrogens is 2. The van der Waals surface area contributed by atoms with Gasteiger partial charge in [0.1, 0.15) is 10.6 Å². The molecule has 0 saturated heterocycles. The van der Waals surface area contributed by atoms with Gasteiger partial charge < -0.3 is 10.8 Å². The molecule has 0 aliphatic heterocycles.